The van der Waals surface area contributed by atoms with Crippen LogP contribution >= 0.6 is 27.5 Å². The molecule has 0 unspecified atom stereocenters. The Labute approximate surface area is 126 Å². The van der Waals surface area contributed by atoms with Crippen LogP contribution in [0.1, 0.15) is 22.5 Å². The van der Waals surface area contributed by atoms with E-state index in [2.05, 4.69) is 27.1 Å². The summed E-state index contributed by atoms with van der Waals surface area (Å²) in [7, 11) is 1.68. The molecule has 1 heterocycles. The molecule has 0 saturated heterocycles. The first kappa shape index (κ1) is 14.4. The van der Waals surface area contributed by atoms with E-state index in [-0.39, 0.29) is 0 Å². The molecule has 0 radical (unpaired) electrons. The van der Waals surface area contributed by atoms with Gasteiger partial charge in [0.1, 0.15) is 5.75 Å². The van der Waals surface area contributed by atoms with Crippen molar-refractivity contribution in [3.05, 3.63) is 45.2 Å². The first-order chi connectivity index (χ1) is 9.06. The van der Waals surface area contributed by atoms with E-state index in [9.17, 15) is 0 Å². The van der Waals surface area contributed by atoms with Crippen molar-refractivity contribution in [2.75, 3.05) is 7.11 Å². The zero-order valence-corrected chi connectivity index (χ0v) is 13.5. The summed E-state index contributed by atoms with van der Waals surface area (Å²) in [4.78, 5) is 0. The summed E-state index contributed by atoms with van der Waals surface area (Å²) in [6.45, 7) is 4.70. The van der Waals surface area contributed by atoms with Crippen molar-refractivity contribution < 1.29 is 4.74 Å². The normalized spacial score (nSPS) is 10.8. The Morgan fingerprint density at radius 3 is 2.68 bits per heavy atom. The number of benzene rings is 1. The van der Waals surface area contributed by atoms with Crippen LogP contribution in [0.5, 0.6) is 5.75 Å². The third-order valence-corrected chi connectivity index (χ3v) is 3.99. The molecule has 3 nitrogen and oxygen atoms in total. The predicted octanol–water partition coefficient (Wildman–Crippen LogP) is 4.06. The van der Waals surface area contributed by atoms with Gasteiger partial charge in [0.25, 0.3) is 0 Å². The molecular formula is C14H16BrClN2O. The molecule has 0 spiro atoms. The predicted molar refractivity (Wildman–Crippen MR) is 81.1 cm³/mol. The summed E-state index contributed by atoms with van der Waals surface area (Å²) < 4.78 is 8.39. The second-order valence-corrected chi connectivity index (χ2v) is 5.58. The van der Waals surface area contributed by atoms with E-state index < -0.39 is 0 Å². The number of halogens is 2. The average Bonchev–Trinajstić information content (AvgIpc) is 2.64. The van der Waals surface area contributed by atoms with Crippen molar-refractivity contribution in [3.8, 4) is 5.75 Å². The first-order valence-corrected chi connectivity index (χ1v) is 7.30. The lowest BCUT2D eigenvalue weighted by atomic mass is 10.2. The largest absolute Gasteiger partial charge is 0.496 e. The molecule has 0 amide bonds. The SMILES string of the molecule is COc1ccc(Br)cc1Cn1nc(C)c(CCl)c1C. The van der Waals surface area contributed by atoms with E-state index >= 15 is 0 Å². The van der Waals surface area contributed by atoms with Crippen molar-refractivity contribution in [2.45, 2.75) is 26.3 Å². The summed E-state index contributed by atoms with van der Waals surface area (Å²) in [5.74, 6) is 1.36. The lowest BCUT2D eigenvalue weighted by Gasteiger charge is -2.10. The fourth-order valence-corrected chi connectivity index (χ4v) is 2.91. The first-order valence-electron chi connectivity index (χ1n) is 5.98. The van der Waals surface area contributed by atoms with Crippen LogP contribution in [0, 0.1) is 13.8 Å². The second-order valence-electron chi connectivity index (χ2n) is 4.40. The van der Waals surface area contributed by atoms with Crippen LogP contribution in [0.2, 0.25) is 0 Å². The zero-order valence-electron chi connectivity index (χ0n) is 11.2. The molecule has 19 heavy (non-hydrogen) atoms. The Hall–Kier alpha value is -1.00. The molecule has 0 aliphatic rings. The van der Waals surface area contributed by atoms with E-state index in [0.717, 1.165) is 32.7 Å². The minimum absolute atomic E-state index is 0.493. The Morgan fingerprint density at radius 2 is 2.11 bits per heavy atom. The van der Waals surface area contributed by atoms with Crippen molar-refractivity contribution in [1.29, 1.82) is 0 Å². The monoisotopic (exact) mass is 342 g/mol. The van der Waals surface area contributed by atoms with Gasteiger partial charge in [-0.15, -0.1) is 11.6 Å². The fraction of sp³-hybridized carbons (Fsp3) is 0.357. The molecule has 1 aromatic carbocycles. The highest BCUT2D eigenvalue weighted by molar-refractivity contribution is 9.10. The van der Waals surface area contributed by atoms with Gasteiger partial charge in [-0.3, -0.25) is 4.68 Å². The molecule has 0 N–H and O–H groups in total. The molecule has 2 rings (SSSR count). The van der Waals surface area contributed by atoms with Crippen LogP contribution in [-0.4, -0.2) is 16.9 Å². The highest BCUT2D eigenvalue weighted by Crippen LogP contribution is 2.25. The number of methoxy groups -OCH3 is 1. The topological polar surface area (TPSA) is 27.1 Å². The Bertz CT molecular complexity index is 595. The molecule has 0 saturated carbocycles. The van der Waals surface area contributed by atoms with E-state index in [1.807, 2.05) is 30.7 Å². The van der Waals surface area contributed by atoms with Gasteiger partial charge >= 0.3 is 0 Å². The van der Waals surface area contributed by atoms with Crippen molar-refractivity contribution in [3.63, 3.8) is 0 Å². The standard InChI is InChI=1S/C14H16BrClN2O/c1-9-13(7-16)10(2)18(17-9)8-11-6-12(15)4-5-14(11)19-3/h4-6H,7-8H2,1-3H3. The Balaban J connectivity index is 2.38. The lowest BCUT2D eigenvalue weighted by molar-refractivity contribution is 0.407. The minimum Gasteiger partial charge on any atom is -0.496 e. The molecule has 2 aromatic rings. The lowest BCUT2D eigenvalue weighted by Crippen LogP contribution is -2.06. The number of ether oxygens (including phenoxy) is 1. The van der Waals surface area contributed by atoms with Crippen LogP contribution in [0.15, 0.2) is 22.7 Å². The number of alkyl halides is 1. The van der Waals surface area contributed by atoms with E-state index in [1.54, 1.807) is 7.11 Å². The molecule has 1 aromatic heterocycles. The highest BCUT2D eigenvalue weighted by atomic mass is 79.9. The molecule has 5 heteroatoms. The van der Waals surface area contributed by atoms with Crippen molar-refractivity contribution >= 4 is 27.5 Å². The van der Waals surface area contributed by atoms with Gasteiger partial charge in [0, 0.05) is 21.3 Å². The molecule has 0 aliphatic carbocycles. The van der Waals surface area contributed by atoms with Gasteiger partial charge in [0.05, 0.1) is 25.2 Å². The van der Waals surface area contributed by atoms with Gasteiger partial charge < -0.3 is 4.74 Å². The summed E-state index contributed by atoms with van der Waals surface area (Å²) in [6.07, 6.45) is 0. The second kappa shape index (κ2) is 5.97. The molecule has 0 atom stereocenters. The van der Waals surface area contributed by atoms with Gasteiger partial charge in [-0.1, -0.05) is 15.9 Å². The molecule has 0 bridgehead atoms. The smallest absolute Gasteiger partial charge is 0.124 e. The van der Waals surface area contributed by atoms with Gasteiger partial charge in [-0.25, -0.2) is 0 Å². The van der Waals surface area contributed by atoms with Gasteiger partial charge in [0.15, 0.2) is 0 Å². The van der Waals surface area contributed by atoms with Gasteiger partial charge in [-0.2, -0.15) is 5.10 Å². The summed E-state index contributed by atoms with van der Waals surface area (Å²) in [5.41, 5.74) is 4.29. The molecule has 0 fully saturated rings. The molecular weight excluding hydrogens is 328 g/mol. The summed E-state index contributed by atoms with van der Waals surface area (Å²) in [5, 5.41) is 4.54. The van der Waals surface area contributed by atoms with Crippen molar-refractivity contribution in [1.82, 2.24) is 9.78 Å². The van der Waals surface area contributed by atoms with Crippen molar-refractivity contribution in [2.24, 2.45) is 0 Å². The maximum absolute atomic E-state index is 5.95. The number of aromatic nitrogens is 2. The minimum atomic E-state index is 0.493. The van der Waals surface area contributed by atoms with Gasteiger partial charge in [0.2, 0.25) is 0 Å². The van der Waals surface area contributed by atoms with E-state index in [1.165, 1.54) is 0 Å². The van der Waals surface area contributed by atoms with E-state index in [4.69, 9.17) is 16.3 Å². The van der Waals surface area contributed by atoms with Gasteiger partial charge in [-0.05, 0) is 32.0 Å². The van der Waals surface area contributed by atoms with E-state index in [0.29, 0.717) is 12.4 Å². The number of hydrogen-bond acceptors (Lipinski definition) is 2. The number of hydrogen-bond donors (Lipinski definition) is 0. The summed E-state index contributed by atoms with van der Waals surface area (Å²) >= 11 is 9.44. The number of aryl methyl sites for hydroxylation is 1. The van der Waals surface area contributed by atoms with Crippen LogP contribution in [0.25, 0.3) is 0 Å². The highest BCUT2D eigenvalue weighted by Gasteiger charge is 2.12. The maximum atomic E-state index is 5.95. The van der Waals surface area contributed by atoms with Crippen LogP contribution in [-0.2, 0) is 12.4 Å². The van der Waals surface area contributed by atoms with Crippen LogP contribution < -0.4 is 4.74 Å². The third-order valence-electron chi connectivity index (χ3n) is 3.23. The third kappa shape index (κ3) is 2.95. The fourth-order valence-electron chi connectivity index (χ4n) is 2.11. The average molecular weight is 344 g/mol. The number of nitrogens with zero attached hydrogens (tertiary/aromatic N) is 2. The number of rotatable bonds is 4. The Morgan fingerprint density at radius 1 is 1.37 bits per heavy atom. The quantitative estimate of drug-likeness (QED) is 0.783. The Kier molecular flexibility index (Phi) is 4.53. The molecule has 102 valence electrons. The van der Waals surface area contributed by atoms with Crippen LogP contribution in [0.3, 0.4) is 0 Å². The molecule has 0 aliphatic heterocycles. The summed E-state index contributed by atoms with van der Waals surface area (Å²) in [6, 6.07) is 5.97. The zero-order chi connectivity index (χ0) is 14.0. The van der Waals surface area contributed by atoms with Crippen LogP contribution in [0.4, 0.5) is 0 Å². The maximum Gasteiger partial charge on any atom is 0.124 e.